The van der Waals surface area contributed by atoms with Crippen molar-refractivity contribution in [1.29, 1.82) is 0 Å². The van der Waals surface area contributed by atoms with Crippen LogP contribution >= 0.6 is 11.6 Å². The first-order valence-electron chi connectivity index (χ1n) is 8.56. The SMILES string of the molecule is C[C@H]1N[C@H](C(=O)NN=Cc2ccc(Cl)cc2)Cc2c1[nH]c1ccccc21. The lowest BCUT2D eigenvalue weighted by Gasteiger charge is -2.27. The maximum Gasteiger partial charge on any atom is 0.257 e. The van der Waals surface area contributed by atoms with Crippen LogP contribution in [-0.4, -0.2) is 23.1 Å². The van der Waals surface area contributed by atoms with Gasteiger partial charge in [-0.15, -0.1) is 0 Å². The average molecular weight is 367 g/mol. The van der Waals surface area contributed by atoms with Crippen LogP contribution in [-0.2, 0) is 11.2 Å². The number of carbonyl (C=O) groups is 1. The van der Waals surface area contributed by atoms with Gasteiger partial charge in [0, 0.05) is 27.7 Å². The summed E-state index contributed by atoms with van der Waals surface area (Å²) in [6, 6.07) is 15.2. The van der Waals surface area contributed by atoms with Crippen LogP contribution in [0.15, 0.2) is 53.6 Å². The Labute approximate surface area is 156 Å². The van der Waals surface area contributed by atoms with Crippen molar-refractivity contribution in [2.75, 3.05) is 0 Å². The topological polar surface area (TPSA) is 69.3 Å². The highest BCUT2D eigenvalue weighted by Gasteiger charge is 2.30. The van der Waals surface area contributed by atoms with Gasteiger partial charge < -0.3 is 4.98 Å². The van der Waals surface area contributed by atoms with Crippen molar-refractivity contribution < 1.29 is 4.79 Å². The highest BCUT2D eigenvalue weighted by atomic mass is 35.5. The predicted octanol–water partition coefficient (Wildman–Crippen LogP) is 3.55. The number of hydrogen-bond donors (Lipinski definition) is 3. The minimum atomic E-state index is -0.320. The monoisotopic (exact) mass is 366 g/mol. The first-order valence-corrected chi connectivity index (χ1v) is 8.93. The van der Waals surface area contributed by atoms with E-state index in [1.807, 2.05) is 24.3 Å². The summed E-state index contributed by atoms with van der Waals surface area (Å²) in [6.07, 6.45) is 2.24. The van der Waals surface area contributed by atoms with Crippen LogP contribution in [0, 0.1) is 0 Å². The minimum Gasteiger partial charge on any atom is -0.357 e. The van der Waals surface area contributed by atoms with E-state index in [0.29, 0.717) is 11.4 Å². The van der Waals surface area contributed by atoms with Crippen LogP contribution in [0.4, 0.5) is 0 Å². The Morgan fingerprint density at radius 3 is 2.81 bits per heavy atom. The van der Waals surface area contributed by atoms with Crippen LogP contribution in [0.25, 0.3) is 10.9 Å². The molecule has 0 saturated carbocycles. The molecule has 5 nitrogen and oxygen atoms in total. The van der Waals surface area contributed by atoms with Gasteiger partial charge in [-0.25, -0.2) is 5.43 Å². The Hall–Kier alpha value is -2.63. The highest BCUT2D eigenvalue weighted by Crippen LogP contribution is 2.31. The fourth-order valence-corrected chi connectivity index (χ4v) is 3.55. The van der Waals surface area contributed by atoms with Gasteiger partial charge in [0.2, 0.25) is 0 Å². The van der Waals surface area contributed by atoms with Gasteiger partial charge in [-0.2, -0.15) is 5.10 Å². The summed E-state index contributed by atoms with van der Waals surface area (Å²) in [5.74, 6) is -0.141. The zero-order valence-corrected chi connectivity index (χ0v) is 15.0. The smallest absolute Gasteiger partial charge is 0.257 e. The Morgan fingerprint density at radius 2 is 2.00 bits per heavy atom. The fourth-order valence-electron chi connectivity index (χ4n) is 3.42. The number of fused-ring (bicyclic) bond motifs is 3. The van der Waals surface area contributed by atoms with Gasteiger partial charge in [0.15, 0.2) is 0 Å². The second-order valence-corrected chi connectivity index (χ2v) is 6.93. The van der Waals surface area contributed by atoms with E-state index in [1.54, 1.807) is 18.3 Å². The number of benzene rings is 2. The second-order valence-electron chi connectivity index (χ2n) is 6.49. The van der Waals surface area contributed by atoms with E-state index in [-0.39, 0.29) is 18.0 Å². The Balaban J connectivity index is 1.48. The standard InChI is InChI=1S/C20H19ClN4O/c1-12-19-16(15-4-2-3-5-17(15)24-19)10-18(23-12)20(26)25-22-11-13-6-8-14(21)9-7-13/h2-9,11-12,18,23-24H,10H2,1H3,(H,25,26)/t12-,18+/m1/s1. The third-order valence-electron chi connectivity index (χ3n) is 4.71. The van der Waals surface area contributed by atoms with Crippen LogP contribution < -0.4 is 10.7 Å². The quantitative estimate of drug-likeness (QED) is 0.490. The maximum atomic E-state index is 12.5. The molecule has 0 aliphatic carbocycles. The molecule has 1 aliphatic rings. The lowest BCUT2D eigenvalue weighted by molar-refractivity contribution is -0.123. The molecule has 0 fully saturated rings. The van der Waals surface area contributed by atoms with Gasteiger partial charge in [-0.1, -0.05) is 41.9 Å². The molecule has 2 heterocycles. The number of aromatic amines is 1. The summed E-state index contributed by atoms with van der Waals surface area (Å²) in [5, 5.41) is 9.26. The average Bonchev–Trinajstić information content (AvgIpc) is 3.03. The number of carbonyl (C=O) groups excluding carboxylic acids is 1. The summed E-state index contributed by atoms with van der Waals surface area (Å²) < 4.78 is 0. The largest absolute Gasteiger partial charge is 0.357 e. The van der Waals surface area contributed by atoms with Crippen molar-refractivity contribution in [2.24, 2.45) is 5.10 Å². The zero-order valence-electron chi connectivity index (χ0n) is 14.3. The first kappa shape index (κ1) is 16.8. The number of para-hydroxylation sites is 1. The van der Waals surface area contributed by atoms with Crippen molar-refractivity contribution in [3.8, 4) is 0 Å². The second kappa shape index (κ2) is 6.94. The van der Waals surface area contributed by atoms with Crippen LogP contribution in [0.5, 0.6) is 0 Å². The molecule has 26 heavy (non-hydrogen) atoms. The summed E-state index contributed by atoms with van der Waals surface area (Å²) >= 11 is 5.86. The first-order chi connectivity index (χ1) is 12.6. The van der Waals surface area contributed by atoms with Gasteiger partial charge in [-0.05, 0) is 42.7 Å². The normalized spacial score (nSPS) is 19.6. The molecule has 3 N–H and O–H groups in total. The molecule has 1 aliphatic heterocycles. The van der Waals surface area contributed by atoms with Crippen LogP contribution in [0.3, 0.4) is 0 Å². The van der Waals surface area contributed by atoms with Gasteiger partial charge in [-0.3, -0.25) is 10.1 Å². The summed E-state index contributed by atoms with van der Waals surface area (Å²) in [6.45, 7) is 2.06. The molecule has 0 bridgehead atoms. The minimum absolute atomic E-state index is 0.0714. The number of nitrogens with zero attached hydrogens (tertiary/aromatic N) is 1. The summed E-state index contributed by atoms with van der Waals surface area (Å²) in [7, 11) is 0. The van der Waals surface area contributed by atoms with Crippen LogP contribution in [0.1, 0.15) is 29.8 Å². The number of rotatable bonds is 3. The number of amides is 1. The molecular formula is C20H19ClN4O. The van der Waals surface area contributed by atoms with Gasteiger partial charge in [0.25, 0.3) is 5.91 Å². The number of hydrazone groups is 1. The number of halogens is 1. The molecule has 2 atom stereocenters. The number of hydrogen-bond acceptors (Lipinski definition) is 3. The Bertz CT molecular complexity index is 977. The summed E-state index contributed by atoms with van der Waals surface area (Å²) in [4.78, 5) is 16.0. The molecule has 1 amide bonds. The van der Waals surface area contributed by atoms with Crippen molar-refractivity contribution >= 4 is 34.6 Å². The lowest BCUT2D eigenvalue weighted by Crippen LogP contribution is -2.47. The van der Waals surface area contributed by atoms with Gasteiger partial charge in [0.1, 0.15) is 0 Å². The molecule has 132 valence electrons. The summed E-state index contributed by atoms with van der Waals surface area (Å²) in [5.41, 5.74) is 6.97. The third kappa shape index (κ3) is 3.23. The highest BCUT2D eigenvalue weighted by molar-refractivity contribution is 6.30. The van der Waals surface area contributed by atoms with E-state index >= 15 is 0 Å². The molecule has 0 unspecified atom stereocenters. The molecular weight excluding hydrogens is 348 g/mol. The Kier molecular flexibility index (Phi) is 4.49. The molecule has 0 spiro atoms. The molecule has 0 radical (unpaired) electrons. The van der Waals surface area contributed by atoms with Crippen molar-refractivity contribution in [2.45, 2.75) is 25.4 Å². The molecule has 6 heteroatoms. The molecule has 2 aromatic carbocycles. The van der Waals surface area contributed by atoms with E-state index in [1.165, 1.54) is 10.9 Å². The van der Waals surface area contributed by atoms with Crippen molar-refractivity contribution in [1.82, 2.24) is 15.7 Å². The fraction of sp³-hybridized carbons (Fsp3) is 0.200. The van der Waals surface area contributed by atoms with Crippen molar-refractivity contribution in [3.63, 3.8) is 0 Å². The predicted molar refractivity (Wildman–Crippen MR) is 105 cm³/mol. The van der Waals surface area contributed by atoms with Crippen molar-refractivity contribution in [3.05, 3.63) is 70.4 Å². The molecule has 3 aromatic rings. The van der Waals surface area contributed by atoms with E-state index < -0.39 is 0 Å². The van der Waals surface area contributed by atoms with E-state index in [4.69, 9.17) is 11.6 Å². The number of H-pyrrole nitrogens is 1. The van der Waals surface area contributed by atoms with E-state index in [0.717, 1.165) is 16.8 Å². The maximum absolute atomic E-state index is 12.5. The zero-order chi connectivity index (χ0) is 18.1. The van der Waals surface area contributed by atoms with Gasteiger partial charge in [0.05, 0.1) is 12.3 Å². The van der Waals surface area contributed by atoms with Crippen LogP contribution in [0.2, 0.25) is 5.02 Å². The van der Waals surface area contributed by atoms with Gasteiger partial charge >= 0.3 is 0 Å². The van der Waals surface area contributed by atoms with E-state index in [2.05, 4.69) is 39.9 Å². The Morgan fingerprint density at radius 1 is 1.23 bits per heavy atom. The number of nitrogens with one attached hydrogen (secondary N) is 3. The molecule has 0 saturated heterocycles. The molecule has 1 aromatic heterocycles. The lowest BCUT2D eigenvalue weighted by atomic mass is 9.94. The third-order valence-corrected chi connectivity index (χ3v) is 4.97. The van der Waals surface area contributed by atoms with E-state index in [9.17, 15) is 4.79 Å². The number of aromatic nitrogens is 1. The molecule has 4 rings (SSSR count).